The highest BCUT2D eigenvalue weighted by Crippen LogP contribution is 2.13. The fourth-order valence-electron chi connectivity index (χ4n) is 0.963. The van der Waals surface area contributed by atoms with Gasteiger partial charge in [-0.1, -0.05) is 17.0 Å². The van der Waals surface area contributed by atoms with Crippen LogP contribution in [0.25, 0.3) is 10.4 Å². The van der Waals surface area contributed by atoms with Crippen LogP contribution in [0.15, 0.2) is 23.3 Å². The van der Waals surface area contributed by atoms with E-state index in [2.05, 4.69) is 21.9 Å². The first kappa shape index (κ1) is 10.6. The van der Waals surface area contributed by atoms with Crippen LogP contribution >= 0.6 is 0 Å². The quantitative estimate of drug-likeness (QED) is 0.260. The third kappa shape index (κ3) is 3.07. The largest absolute Gasteiger partial charge is 0.508 e. The number of aromatic hydroxyl groups is 1. The van der Waals surface area contributed by atoms with E-state index < -0.39 is 0 Å². The Balaban J connectivity index is 2.96. The van der Waals surface area contributed by atoms with E-state index in [1.54, 1.807) is 0 Å². The van der Waals surface area contributed by atoms with Gasteiger partial charge in [0.15, 0.2) is 6.29 Å². The van der Waals surface area contributed by atoms with E-state index in [-0.39, 0.29) is 12.3 Å². The molecule has 0 aliphatic heterocycles. The number of aldehydes is 1. The maximum atomic E-state index is 10.6. The van der Waals surface area contributed by atoms with Gasteiger partial charge in [-0.15, -0.1) is 0 Å². The molecular formula is C10H7N3O2. The average Bonchev–Trinajstić information content (AvgIpc) is 2.26. The molecule has 0 amide bonds. The molecule has 1 aromatic carbocycles. The van der Waals surface area contributed by atoms with E-state index in [9.17, 15) is 4.79 Å². The summed E-state index contributed by atoms with van der Waals surface area (Å²) in [7, 11) is 0. The zero-order valence-corrected chi connectivity index (χ0v) is 7.71. The SMILES string of the molecule is [N-]=[N+]=NCC#Cc1ccc(O)cc1C=O. The highest BCUT2D eigenvalue weighted by atomic mass is 16.3. The molecule has 1 aromatic rings. The van der Waals surface area contributed by atoms with Gasteiger partial charge in [0.1, 0.15) is 5.75 Å². The van der Waals surface area contributed by atoms with Crippen LogP contribution in [-0.2, 0) is 0 Å². The number of hydrogen-bond donors (Lipinski definition) is 1. The van der Waals surface area contributed by atoms with Crippen molar-refractivity contribution in [1.29, 1.82) is 0 Å². The smallest absolute Gasteiger partial charge is 0.151 e. The second-order valence-electron chi connectivity index (χ2n) is 2.58. The third-order valence-electron chi connectivity index (χ3n) is 1.60. The van der Waals surface area contributed by atoms with E-state index in [0.717, 1.165) is 0 Å². The van der Waals surface area contributed by atoms with Crippen LogP contribution in [0.3, 0.4) is 0 Å². The van der Waals surface area contributed by atoms with Crippen molar-refractivity contribution in [2.45, 2.75) is 0 Å². The second kappa shape index (κ2) is 5.32. The Morgan fingerprint density at radius 2 is 2.40 bits per heavy atom. The van der Waals surface area contributed by atoms with Crippen molar-refractivity contribution >= 4 is 6.29 Å². The summed E-state index contributed by atoms with van der Waals surface area (Å²) in [5, 5.41) is 12.3. The van der Waals surface area contributed by atoms with Crippen molar-refractivity contribution < 1.29 is 9.90 Å². The molecule has 0 heterocycles. The van der Waals surface area contributed by atoms with E-state index >= 15 is 0 Å². The lowest BCUT2D eigenvalue weighted by Crippen LogP contribution is -1.86. The predicted octanol–water partition coefficient (Wildman–Crippen LogP) is 1.87. The van der Waals surface area contributed by atoms with Crippen molar-refractivity contribution in [3.05, 3.63) is 39.8 Å². The molecule has 0 unspecified atom stereocenters. The maximum absolute atomic E-state index is 10.6. The minimum atomic E-state index is 0.0118. The number of carbonyl (C=O) groups excluding carboxylic acids is 1. The summed E-state index contributed by atoms with van der Waals surface area (Å²) in [5.41, 5.74) is 8.81. The number of carbonyl (C=O) groups is 1. The number of phenolic OH excluding ortho intramolecular Hbond substituents is 1. The maximum Gasteiger partial charge on any atom is 0.151 e. The third-order valence-corrected chi connectivity index (χ3v) is 1.60. The molecule has 0 radical (unpaired) electrons. The standard InChI is InChI=1S/C10H7N3O2/c11-13-12-5-1-2-8-3-4-10(15)6-9(8)7-14/h3-4,6-7,15H,5H2. The van der Waals surface area contributed by atoms with Crippen LogP contribution in [0, 0.1) is 11.8 Å². The minimum absolute atomic E-state index is 0.0118. The molecule has 0 aliphatic rings. The van der Waals surface area contributed by atoms with Gasteiger partial charge in [-0.2, -0.15) is 0 Å². The molecular weight excluding hydrogens is 194 g/mol. The van der Waals surface area contributed by atoms with E-state index in [0.29, 0.717) is 17.4 Å². The van der Waals surface area contributed by atoms with Crippen molar-refractivity contribution in [1.82, 2.24) is 0 Å². The molecule has 0 saturated carbocycles. The van der Waals surface area contributed by atoms with Crippen LogP contribution in [0.5, 0.6) is 5.75 Å². The predicted molar refractivity (Wildman–Crippen MR) is 54.4 cm³/mol. The van der Waals surface area contributed by atoms with E-state index in [1.165, 1.54) is 18.2 Å². The molecule has 15 heavy (non-hydrogen) atoms. The van der Waals surface area contributed by atoms with Gasteiger partial charge in [0.2, 0.25) is 0 Å². The van der Waals surface area contributed by atoms with Gasteiger partial charge >= 0.3 is 0 Å². The van der Waals surface area contributed by atoms with E-state index in [1.807, 2.05) is 0 Å². The molecule has 0 aliphatic carbocycles. The van der Waals surface area contributed by atoms with Gasteiger partial charge in [-0.3, -0.25) is 4.79 Å². The molecule has 1 N–H and O–H groups in total. The zero-order chi connectivity index (χ0) is 11.1. The summed E-state index contributed by atoms with van der Waals surface area (Å²) in [6, 6.07) is 4.29. The van der Waals surface area contributed by atoms with Crippen molar-refractivity contribution in [2.24, 2.45) is 5.11 Å². The summed E-state index contributed by atoms with van der Waals surface area (Å²) in [4.78, 5) is 13.1. The summed E-state index contributed by atoms with van der Waals surface area (Å²) < 4.78 is 0. The Hall–Kier alpha value is -2.44. The molecule has 0 fully saturated rings. The number of hydrogen-bond acceptors (Lipinski definition) is 3. The fraction of sp³-hybridized carbons (Fsp3) is 0.100. The lowest BCUT2D eigenvalue weighted by atomic mass is 10.1. The van der Waals surface area contributed by atoms with Crippen LogP contribution in [0.1, 0.15) is 15.9 Å². The second-order valence-corrected chi connectivity index (χ2v) is 2.58. The molecule has 74 valence electrons. The normalized spacial score (nSPS) is 8.27. The Morgan fingerprint density at radius 3 is 3.07 bits per heavy atom. The average molecular weight is 201 g/mol. The molecule has 1 rings (SSSR count). The number of rotatable bonds is 2. The first-order valence-electron chi connectivity index (χ1n) is 4.06. The highest BCUT2D eigenvalue weighted by Gasteiger charge is 1.99. The summed E-state index contributed by atoms with van der Waals surface area (Å²) >= 11 is 0. The van der Waals surface area contributed by atoms with Crippen molar-refractivity contribution in [3.8, 4) is 17.6 Å². The molecule has 0 aromatic heterocycles. The van der Waals surface area contributed by atoms with Gasteiger partial charge in [-0.05, 0) is 23.7 Å². The Morgan fingerprint density at radius 1 is 1.60 bits per heavy atom. The van der Waals surface area contributed by atoms with Crippen LogP contribution < -0.4 is 0 Å². The lowest BCUT2D eigenvalue weighted by Gasteiger charge is -1.96. The number of nitrogens with zero attached hydrogens (tertiary/aromatic N) is 3. The van der Waals surface area contributed by atoms with Crippen molar-refractivity contribution in [2.75, 3.05) is 6.54 Å². The minimum Gasteiger partial charge on any atom is -0.508 e. The molecule has 5 heteroatoms. The number of benzene rings is 1. The zero-order valence-electron chi connectivity index (χ0n) is 7.71. The molecule has 5 nitrogen and oxygen atoms in total. The Kier molecular flexibility index (Phi) is 3.78. The first-order valence-corrected chi connectivity index (χ1v) is 4.06. The summed E-state index contributed by atoms with van der Waals surface area (Å²) in [6.45, 7) is 0.0513. The first-order chi connectivity index (χ1) is 7.27. The molecule has 0 spiro atoms. The molecule has 0 atom stereocenters. The van der Waals surface area contributed by atoms with Gasteiger partial charge in [0.25, 0.3) is 0 Å². The molecule has 0 bridgehead atoms. The van der Waals surface area contributed by atoms with Gasteiger partial charge in [0, 0.05) is 16.0 Å². The van der Waals surface area contributed by atoms with Gasteiger partial charge < -0.3 is 5.11 Å². The van der Waals surface area contributed by atoms with Gasteiger partial charge in [-0.25, -0.2) is 0 Å². The summed E-state index contributed by atoms with van der Waals surface area (Å²) in [5.74, 6) is 5.27. The summed E-state index contributed by atoms with van der Waals surface area (Å²) in [6.07, 6.45) is 0.608. The number of azide groups is 1. The van der Waals surface area contributed by atoms with Crippen LogP contribution in [0.4, 0.5) is 0 Å². The Bertz CT molecular complexity index is 479. The fourth-order valence-corrected chi connectivity index (χ4v) is 0.963. The highest BCUT2D eigenvalue weighted by molar-refractivity contribution is 5.80. The topological polar surface area (TPSA) is 86.1 Å². The Labute approximate surface area is 86.0 Å². The molecule has 0 saturated heterocycles. The van der Waals surface area contributed by atoms with Gasteiger partial charge in [0.05, 0.1) is 6.54 Å². The van der Waals surface area contributed by atoms with Crippen molar-refractivity contribution in [3.63, 3.8) is 0 Å². The van der Waals surface area contributed by atoms with Crippen LogP contribution in [-0.4, -0.2) is 17.9 Å². The van der Waals surface area contributed by atoms with Crippen LogP contribution in [0.2, 0.25) is 0 Å². The monoisotopic (exact) mass is 201 g/mol. The number of phenols is 1. The lowest BCUT2D eigenvalue weighted by molar-refractivity contribution is 0.112. The van der Waals surface area contributed by atoms with E-state index in [4.69, 9.17) is 10.6 Å².